The topological polar surface area (TPSA) is 26.0 Å². The lowest BCUT2D eigenvalue weighted by atomic mass is 10.3. The first kappa shape index (κ1) is 5.63. The van der Waals surface area contributed by atoms with Crippen LogP contribution in [0, 0.1) is 6.07 Å². The number of hydrogen-bond acceptors (Lipinski definition) is 1. The van der Waals surface area contributed by atoms with Crippen LogP contribution < -0.4 is 5.73 Å². The molecule has 8 heavy (non-hydrogen) atoms. The zero-order valence-corrected chi connectivity index (χ0v) is 5.77. The van der Waals surface area contributed by atoms with Gasteiger partial charge in [0, 0.05) is 16.2 Å². The van der Waals surface area contributed by atoms with E-state index in [2.05, 4.69) is 22.0 Å². The molecule has 0 heterocycles. The van der Waals surface area contributed by atoms with Gasteiger partial charge in [0.1, 0.15) is 0 Å². The van der Waals surface area contributed by atoms with Crippen LogP contribution >= 0.6 is 15.9 Å². The van der Waals surface area contributed by atoms with Crippen molar-refractivity contribution in [3.8, 4) is 0 Å². The molecule has 1 aromatic rings. The van der Waals surface area contributed by atoms with Crippen LogP contribution in [0.1, 0.15) is 0 Å². The molecule has 1 nitrogen and oxygen atoms in total. The fourth-order valence-electron chi connectivity index (χ4n) is 0.456. The Labute approximate surface area is 56.6 Å². The van der Waals surface area contributed by atoms with Crippen LogP contribution in [-0.2, 0) is 0 Å². The van der Waals surface area contributed by atoms with Crippen LogP contribution in [0.3, 0.4) is 0 Å². The molecule has 0 spiro atoms. The minimum absolute atomic E-state index is 0.666. The first-order valence-electron chi connectivity index (χ1n) is 2.22. The van der Waals surface area contributed by atoms with Crippen LogP contribution in [-0.4, -0.2) is 0 Å². The highest BCUT2D eigenvalue weighted by molar-refractivity contribution is 9.10. The Morgan fingerprint density at radius 2 is 2.38 bits per heavy atom. The number of nitrogen functional groups attached to an aromatic ring is 1. The summed E-state index contributed by atoms with van der Waals surface area (Å²) in [5.41, 5.74) is 6.04. The molecule has 0 saturated heterocycles. The normalized spacial score (nSPS) is 9.12. The molecule has 1 aromatic carbocycles. The average molecular weight is 171 g/mol. The molecule has 0 aliphatic rings. The Hall–Kier alpha value is -0.500. The van der Waals surface area contributed by atoms with Gasteiger partial charge in [-0.05, 0) is 12.1 Å². The molecule has 0 aliphatic heterocycles. The summed E-state index contributed by atoms with van der Waals surface area (Å²) in [6, 6.07) is 8.29. The summed E-state index contributed by atoms with van der Waals surface area (Å²) in [5, 5.41) is 0. The lowest BCUT2D eigenvalue weighted by Gasteiger charge is -1.88. The molecule has 0 fully saturated rings. The van der Waals surface area contributed by atoms with Crippen molar-refractivity contribution >= 4 is 21.6 Å². The van der Waals surface area contributed by atoms with E-state index in [1.807, 2.05) is 6.07 Å². The average Bonchev–Trinajstić information content (AvgIpc) is 1.64. The van der Waals surface area contributed by atoms with Gasteiger partial charge in [-0.25, -0.2) is 0 Å². The zero-order chi connectivity index (χ0) is 5.98. The third kappa shape index (κ3) is 1.23. The van der Waals surface area contributed by atoms with Crippen molar-refractivity contribution in [1.29, 1.82) is 0 Å². The maximum atomic E-state index is 5.37. The molecule has 0 aliphatic carbocycles. The third-order valence-electron chi connectivity index (χ3n) is 0.786. The van der Waals surface area contributed by atoms with Crippen LogP contribution in [0.5, 0.6) is 0 Å². The standard InChI is InChI=1S/C6H5BrN/c7-5-2-1-3-6(8)4-5/h1-2,4H,8H2. The molecular weight excluding hydrogens is 166 g/mol. The first-order chi connectivity index (χ1) is 3.79. The fourth-order valence-corrected chi connectivity index (χ4v) is 0.835. The number of hydrogen-bond donors (Lipinski definition) is 1. The lowest BCUT2D eigenvalue weighted by molar-refractivity contribution is 1.62. The van der Waals surface area contributed by atoms with Gasteiger partial charge in [-0.3, -0.25) is 0 Å². The highest BCUT2D eigenvalue weighted by Gasteiger charge is 1.83. The Balaban J connectivity index is 3.08. The van der Waals surface area contributed by atoms with Gasteiger partial charge in [-0.2, -0.15) is 0 Å². The quantitative estimate of drug-likeness (QED) is 0.592. The second-order valence-corrected chi connectivity index (χ2v) is 2.38. The van der Waals surface area contributed by atoms with Gasteiger partial charge in [0.05, 0.1) is 0 Å². The van der Waals surface area contributed by atoms with Gasteiger partial charge in [0.15, 0.2) is 0 Å². The molecular formula is C6H5BrN. The highest BCUT2D eigenvalue weighted by atomic mass is 79.9. The van der Waals surface area contributed by atoms with Gasteiger partial charge >= 0.3 is 0 Å². The molecule has 0 amide bonds. The second kappa shape index (κ2) is 2.18. The van der Waals surface area contributed by atoms with Crippen molar-refractivity contribution in [3.05, 3.63) is 28.7 Å². The summed E-state index contributed by atoms with van der Waals surface area (Å²) in [4.78, 5) is 0. The lowest BCUT2D eigenvalue weighted by Crippen LogP contribution is -1.81. The van der Waals surface area contributed by atoms with Crippen molar-refractivity contribution in [2.45, 2.75) is 0 Å². The molecule has 0 unspecified atom stereocenters. The smallest absolute Gasteiger partial charge is 0.0405 e. The molecule has 0 bridgehead atoms. The largest absolute Gasteiger partial charge is 0.398 e. The molecule has 41 valence electrons. The predicted molar refractivity (Wildman–Crippen MR) is 37.4 cm³/mol. The van der Waals surface area contributed by atoms with Crippen LogP contribution in [0.2, 0.25) is 0 Å². The highest BCUT2D eigenvalue weighted by Crippen LogP contribution is 2.11. The molecule has 1 radical (unpaired) electrons. The van der Waals surface area contributed by atoms with E-state index in [-0.39, 0.29) is 0 Å². The number of halogens is 1. The van der Waals surface area contributed by atoms with Crippen molar-refractivity contribution in [1.82, 2.24) is 0 Å². The molecule has 1 rings (SSSR count). The monoisotopic (exact) mass is 170 g/mol. The number of anilines is 1. The van der Waals surface area contributed by atoms with Crippen molar-refractivity contribution in [3.63, 3.8) is 0 Å². The Morgan fingerprint density at radius 1 is 1.62 bits per heavy atom. The summed E-state index contributed by atoms with van der Waals surface area (Å²) in [6.07, 6.45) is 0. The zero-order valence-electron chi connectivity index (χ0n) is 4.19. The summed E-state index contributed by atoms with van der Waals surface area (Å²) >= 11 is 3.26. The second-order valence-electron chi connectivity index (χ2n) is 1.46. The van der Waals surface area contributed by atoms with E-state index in [9.17, 15) is 0 Å². The van der Waals surface area contributed by atoms with E-state index in [0.717, 1.165) is 4.47 Å². The van der Waals surface area contributed by atoms with Crippen molar-refractivity contribution in [2.24, 2.45) is 0 Å². The SMILES string of the molecule is Nc1[c]ccc(Br)c1. The summed E-state index contributed by atoms with van der Waals surface area (Å²) in [7, 11) is 0. The minimum atomic E-state index is 0.666. The van der Waals surface area contributed by atoms with Gasteiger partial charge in [-0.1, -0.05) is 22.0 Å². The van der Waals surface area contributed by atoms with E-state index in [1.165, 1.54) is 0 Å². The Kier molecular flexibility index (Phi) is 1.53. The van der Waals surface area contributed by atoms with Gasteiger partial charge < -0.3 is 5.73 Å². The summed E-state index contributed by atoms with van der Waals surface area (Å²) < 4.78 is 0.994. The number of benzene rings is 1. The van der Waals surface area contributed by atoms with E-state index >= 15 is 0 Å². The molecule has 2 N–H and O–H groups in total. The van der Waals surface area contributed by atoms with E-state index in [0.29, 0.717) is 5.69 Å². The van der Waals surface area contributed by atoms with Gasteiger partial charge in [0.2, 0.25) is 0 Å². The predicted octanol–water partition coefficient (Wildman–Crippen LogP) is 1.83. The van der Waals surface area contributed by atoms with Crippen molar-refractivity contribution in [2.75, 3.05) is 5.73 Å². The minimum Gasteiger partial charge on any atom is -0.398 e. The Bertz CT molecular complexity index is 168. The first-order valence-corrected chi connectivity index (χ1v) is 3.01. The maximum Gasteiger partial charge on any atom is 0.0405 e. The van der Waals surface area contributed by atoms with Crippen LogP contribution in [0.15, 0.2) is 22.7 Å². The van der Waals surface area contributed by atoms with E-state index in [4.69, 9.17) is 5.73 Å². The van der Waals surface area contributed by atoms with E-state index in [1.54, 1.807) is 12.1 Å². The number of rotatable bonds is 0. The number of nitrogens with two attached hydrogens (primary N) is 1. The molecule has 0 saturated carbocycles. The molecule has 0 atom stereocenters. The fraction of sp³-hybridized carbons (Fsp3) is 0. The maximum absolute atomic E-state index is 5.37. The van der Waals surface area contributed by atoms with Crippen LogP contribution in [0.25, 0.3) is 0 Å². The van der Waals surface area contributed by atoms with E-state index < -0.39 is 0 Å². The molecule has 0 aromatic heterocycles. The van der Waals surface area contributed by atoms with Gasteiger partial charge in [0.25, 0.3) is 0 Å². The third-order valence-corrected chi connectivity index (χ3v) is 1.28. The van der Waals surface area contributed by atoms with Crippen LogP contribution in [0.4, 0.5) is 5.69 Å². The van der Waals surface area contributed by atoms with Crippen molar-refractivity contribution < 1.29 is 0 Å². The molecule has 2 heteroatoms. The van der Waals surface area contributed by atoms with Gasteiger partial charge in [-0.15, -0.1) is 0 Å². The summed E-state index contributed by atoms with van der Waals surface area (Å²) in [5.74, 6) is 0. The summed E-state index contributed by atoms with van der Waals surface area (Å²) in [6.45, 7) is 0. The Morgan fingerprint density at radius 3 is 2.75 bits per heavy atom.